The number of nitrogens with one attached hydrogen (secondary N) is 2. The van der Waals surface area contributed by atoms with Crippen molar-refractivity contribution in [2.75, 3.05) is 7.05 Å². The van der Waals surface area contributed by atoms with Crippen molar-refractivity contribution in [3.05, 3.63) is 0 Å². The highest BCUT2D eigenvalue weighted by Gasteiger charge is 2.20. The lowest BCUT2D eigenvalue weighted by atomic mass is 10.3. The SMILES string of the molecule is CNC(=O)C(C)NC(=O)C(F)F. The predicted molar refractivity (Wildman–Crippen MR) is 37.7 cm³/mol. The van der Waals surface area contributed by atoms with Crippen LogP contribution in [-0.2, 0) is 9.59 Å². The van der Waals surface area contributed by atoms with Gasteiger partial charge in [0.15, 0.2) is 0 Å². The van der Waals surface area contributed by atoms with Crippen molar-refractivity contribution >= 4 is 11.8 Å². The number of hydrogen-bond acceptors (Lipinski definition) is 2. The van der Waals surface area contributed by atoms with Gasteiger partial charge in [-0.25, -0.2) is 0 Å². The van der Waals surface area contributed by atoms with Crippen molar-refractivity contribution < 1.29 is 18.4 Å². The summed E-state index contributed by atoms with van der Waals surface area (Å²) in [6.07, 6.45) is -3.09. The third-order valence-corrected chi connectivity index (χ3v) is 1.20. The van der Waals surface area contributed by atoms with E-state index in [-0.39, 0.29) is 0 Å². The maximum Gasteiger partial charge on any atom is 0.315 e. The zero-order valence-corrected chi connectivity index (χ0v) is 6.73. The second-order valence-electron chi connectivity index (χ2n) is 2.15. The van der Waals surface area contributed by atoms with Crippen molar-refractivity contribution in [2.45, 2.75) is 19.4 Å². The minimum absolute atomic E-state index is 0.510. The molecule has 12 heavy (non-hydrogen) atoms. The van der Waals surface area contributed by atoms with Gasteiger partial charge in [-0.15, -0.1) is 0 Å². The van der Waals surface area contributed by atoms with Crippen molar-refractivity contribution in [1.29, 1.82) is 0 Å². The minimum Gasteiger partial charge on any atom is -0.357 e. The quantitative estimate of drug-likeness (QED) is 0.615. The molecule has 4 nitrogen and oxygen atoms in total. The van der Waals surface area contributed by atoms with E-state index in [0.29, 0.717) is 0 Å². The Labute approximate surface area is 68.3 Å². The van der Waals surface area contributed by atoms with Crippen molar-refractivity contribution in [3.8, 4) is 0 Å². The minimum atomic E-state index is -3.09. The first-order valence-electron chi connectivity index (χ1n) is 3.29. The molecule has 0 heterocycles. The highest BCUT2D eigenvalue weighted by atomic mass is 19.3. The van der Waals surface area contributed by atoms with Crippen LogP contribution in [0.4, 0.5) is 8.78 Å². The molecule has 1 unspecified atom stereocenters. The summed E-state index contributed by atoms with van der Waals surface area (Å²) in [5.74, 6) is -1.95. The van der Waals surface area contributed by atoms with Crippen LogP contribution in [0.2, 0.25) is 0 Å². The molecule has 0 bridgehead atoms. The number of halogens is 2. The molecule has 0 aliphatic heterocycles. The summed E-state index contributed by atoms with van der Waals surface area (Å²) in [6, 6.07) is -0.934. The van der Waals surface area contributed by atoms with E-state index in [1.165, 1.54) is 14.0 Å². The Balaban J connectivity index is 3.92. The molecule has 0 rings (SSSR count). The topological polar surface area (TPSA) is 58.2 Å². The first kappa shape index (κ1) is 10.8. The molecule has 1 atom stereocenters. The molecule has 0 radical (unpaired) electrons. The van der Waals surface area contributed by atoms with Gasteiger partial charge in [0.2, 0.25) is 5.91 Å². The van der Waals surface area contributed by atoms with E-state index in [1.807, 2.05) is 5.32 Å². The van der Waals surface area contributed by atoms with Crippen LogP contribution >= 0.6 is 0 Å². The molecular weight excluding hydrogens is 170 g/mol. The predicted octanol–water partition coefficient (Wildman–Crippen LogP) is -0.498. The maximum atomic E-state index is 11.6. The normalized spacial score (nSPS) is 12.4. The number of likely N-dealkylation sites (N-methyl/N-ethyl adjacent to an activating group) is 1. The molecule has 0 saturated carbocycles. The van der Waals surface area contributed by atoms with Gasteiger partial charge in [-0.2, -0.15) is 8.78 Å². The molecular formula is C6H10F2N2O2. The number of hydrogen-bond donors (Lipinski definition) is 2. The summed E-state index contributed by atoms with van der Waals surface area (Å²) in [5, 5.41) is 4.04. The Morgan fingerprint density at radius 2 is 1.75 bits per heavy atom. The summed E-state index contributed by atoms with van der Waals surface area (Å²) in [5.41, 5.74) is 0. The van der Waals surface area contributed by atoms with E-state index in [2.05, 4.69) is 5.32 Å². The first-order chi connectivity index (χ1) is 5.49. The molecule has 0 aromatic heterocycles. The highest BCUT2D eigenvalue weighted by Crippen LogP contribution is 1.92. The fourth-order valence-corrected chi connectivity index (χ4v) is 0.558. The fourth-order valence-electron chi connectivity index (χ4n) is 0.558. The number of carbonyl (C=O) groups excluding carboxylic acids is 2. The lowest BCUT2D eigenvalue weighted by Gasteiger charge is -2.11. The molecule has 0 aromatic rings. The van der Waals surface area contributed by atoms with Gasteiger partial charge in [0, 0.05) is 7.05 Å². The first-order valence-corrected chi connectivity index (χ1v) is 3.29. The third-order valence-electron chi connectivity index (χ3n) is 1.20. The zero-order chi connectivity index (χ0) is 9.72. The summed E-state index contributed by atoms with van der Waals surface area (Å²) < 4.78 is 23.2. The van der Waals surface area contributed by atoms with Crippen molar-refractivity contribution in [3.63, 3.8) is 0 Å². The van der Waals surface area contributed by atoms with Crippen LogP contribution in [0.1, 0.15) is 6.92 Å². The molecule has 0 aliphatic rings. The summed E-state index contributed by atoms with van der Waals surface area (Å²) in [4.78, 5) is 21.0. The van der Waals surface area contributed by atoms with Crippen LogP contribution in [0.25, 0.3) is 0 Å². The number of rotatable bonds is 3. The van der Waals surface area contributed by atoms with Gasteiger partial charge in [0.1, 0.15) is 6.04 Å². The van der Waals surface area contributed by atoms with Crippen LogP contribution in [0.15, 0.2) is 0 Å². The Bertz CT molecular complexity index is 184. The highest BCUT2D eigenvalue weighted by molar-refractivity contribution is 5.88. The van der Waals surface area contributed by atoms with Gasteiger partial charge < -0.3 is 10.6 Å². The number of alkyl halides is 2. The number of amides is 2. The smallest absolute Gasteiger partial charge is 0.315 e. The van der Waals surface area contributed by atoms with E-state index < -0.39 is 24.3 Å². The molecule has 70 valence electrons. The van der Waals surface area contributed by atoms with E-state index in [9.17, 15) is 18.4 Å². The van der Waals surface area contributed by atoms with Gasteiger partial charge in [-0.05, 0) is 6.92 Å². The molecule has 0 aliphatic carbocycles. The van der Waals surface area contributed by atoms with Crippen LogP contribution in [0.3, 0.4) is 0 Å². The van der Waals surface area contributed by atoms with E-state index in [0.717, 1.165) is 0 Å². The summed E-state index contributed by atoms with van der Waals surface area (Å²) in [7, 11) is 1.35. The lowest BCUT2D eigenvalue weighted by molar-refractivity contribution is -0.135. The third kappa shape index (κ3) is 3.27. The Morgan fingerprint density at radius 3 is 2.08 bits per heavy atom. The lowest BCUT2D eigenvalue weighted by Crippen LogP contribution is -2.45. The monoisotopic (exact) mass is 180 g/mol. The van der Waals surface area contributed by atoms with Gasteiger partial charge in [0.05, 0.1) is 0 Å². The summed E-state index contributed by atoms with van der Waals surface area (Å²) >= 11 is 0. The van der Waals surface area contributed by atoms with Crippen molar-refractivity contribution in [1.82, 2.24) is 10.6 Å². The average Bonchev–Trinajstić information content (AvgIpc) is 2.02. The maximum absolute atomic E-state index is 11.6. The molecule has 6 heteroatoms. The van der Waals surface area contributed by atoms with Gasteiger partial charge >= 0.3 is 6.43 Å². The van der Waals surface area contributed by atoms with E-state index in [4.69, 9.17) is 0 Å². The summed E-state index contributed by atoms with van der Waals surface area (Å²) in [6.45, 7) is 1.32. The van der Waals surface area contributed by atoms with Gasteiger partial charge in [-0.3, -0.25) is 9.59 Å². The second-order valence-corrected chi connectivity index (χ2v) is 2.15. The standard InChI is InChI=1S/C6H10F2N2O2/c1-3(5(11)9-2)10-6(12)4(7)8/h3-4H,1-2H3,(H,9,11)(H,10,12). The van der Waals surface area contributed by atoms with E-state index in [1.54, 1.807) is 0 Å². The molecule has 0 fully saturated rings. The molecule has 0 saturated heterocycles. The molecule has 0 spiro atoms. The van der Waals surface area contributed by atoms with Gasteiger partial charge in [-0.1, -0.05) is 0 Å². The Kier molecular flexibility index (Phi) is 4.17. The average molecular weight is 180 g/mol. The largest absolute Gasteiger partial charge is 0.357 e. The van der Waals surface area contributed by atoms with Crippen LogP contribution in [0, 0.1) is 0 Å². The Hall–Kier alpha value is -1.20. The fraction of sp³-hybridized carbons (Fsp3) is 0.667. The molecule has 0 aromatic carbocycles. The van der Waals surface area contributed by atoms with Crippen molar-refractivity contribution in [2.24, 2.45) is 0 Å². The van der Waals surface area contributed by atoms with Gasteiger partial charge in [0.25, 0.3) is 5.91 Å². The Morgan fingerprint density at radius 1 is 1.25 bits per heavy atom. The second kappa shape index (κ2) is 4.63. The van der Waals surface area contributed by atoms with Crippen LogP contribution < -0.4 is 10.6 Å². The van der Waals surface area contributed by atoms with Crippen LogP contribution in [-0.4, -0.2) is 31.3 Å². The van der Waals surface area contributed by atoms with Crippen LogP contribution in [0.5, 0.6) is 0 Å². The molecule has 2 amide bonds. The zero-order valence-electron chi connectivity index (χ0n) is 6.73. The number of carbonyl (C=O) groups is 2. The molecule has 2 N–H and O–H groups in total. The van der Waals surface area contributed by atoms with E-state index >= 15 is 0 Å².